The third-order valence-corrected chi connectivity index (χ3v) is 8.07. The van der Waals surface area contributed by atoms with Crippen molar-refractivity contribution in [3.05, 3.63) is 63.7 Å². The van der Waals surface area contributed by atoms with Gasteiger partial charge in [-0.3, -0.25) is 24.5 Å². The van der Waals surface area contributed by atoms with Gasteiger partial charge >= 0.3 is 18.2 Å². The second kappa shape index (κ2) is 16.5. The number of carbonyl (C=O) groups excluding carboxylic acids is 5. The smallest absolute Gasteiger partial charge is 0.475 e. The van der Waals surface area contributed by atoms with E-state index in [0.717, 1.165) is 22.4 Å². The van der Waals surface area contributed by atoms with Gasteiger partial charge in [0.15, 0.2) is 0 Å². The van der Waals surface area contributed by atoms with E-state index in [1.165, 1.54) is 4.90 Å². The SMILES string of the molecule is CC(N)C(=O)NCSCCc1ccc(NC(=O)NCc2ccc3c(c2)CN(C2CCC(=O)NC2=O)C3=O)cc1Cl.O=C(O)C(F)(F)F. The number of thioether (sulfide) groups is 1. The van der Waals surface area contributed by atoms with Crippen LogP contribution in [0.1, 0.15) is 46.8 Å². The van der Waals surface area contributed by atoms with E-state index in [-0.39, 0.29) is 37.2 Å². The molecule has 2 aliphatic rings. The van der Waals surface area contributed by atoms with Crippen LogP contribution in [0.4, 0.5) is 23.7 Å². The van der Waals surface area contributed by atoms with E-state index < -0.39 is 36.2 Å². The standard InChI is InChI=1S/C27H31ClN6O5S.C2HF3O2/c1-15(29)24(36)31-14-40-9-8-17-3-4-19(11-21(17)28)32-27(39)30-12-16-2-5-20-18(10-16)13-34(26(20)38)22-6-7-23(35)33-25(22)37;3-2(4,5)1(6)7/h2-5,10-11,15,22H,6-9,12-14,29H2,1H3,(H,31,36)(H2,30,32,39)(H,33,35,37);(H,6,7). The molecule has 2 unspecified atom stereocenters. The van der Waals surface area contributed by atoms with Crippen molar-refractivity contribution in [2.24, 2.45) is 5.73 Å². The quantitative estimate of drug-likeness (QED) is 0.123. The molecule has 0 aromatic heterocycles. The highest BCUT2D eigenvalue weighted by Crippen LogP contribution is 2.28. The fourth-order valence-corrected chi connectivity index (χ4v) is 5.49. The van der Waals surface area contributed by atoms with E-state index in [1.54, 1.807) is 43.0 Å². The summed E-state index contributed by atoms with van der Waals surface area (Å²) in [4.78, 5) is 70.9. The highest BCUT2D eigenvalue weighted by molar-refractivity contribution is 7.99. The predicted molar refractivity (Wildman–Crippen MR) is 166 cm³/mol. The van der Waals surface area contributed by atoms with Crippen LogP contribution < -0.4 is 27.0 Å². The van der Waals surface area contributed by atoms with Crippen molar-refractivity contribution in [2.75, 3.05) is 16.9 Å². The van der Waals surface area contributed by atoms with Crippen molar-refractivity contribution in [1.82, 2.24) is 20.9 Å². The summed E-state index contributed by atoms with van der Waals surface area (Å²) in [5, 5.41) is 18.2. The minimum Gasteiger partial charge on any atom is -0.475 e. The first kappa shape index (κ1) is 37.1. The van der Waals surface area contributed by atoms with E-state index in [0.29, 0.717) is 35.0 Å². The maximum absolute atomic E-state index is 12.8. The number of imide groups is 1. The third kappa shape index (κ3) is 10.9. The lowest BCUT2D eigenvalue weighted by Crippen LogP contribution is -2.52. The summed E-state index contributed by atoms with van der Waals surface area (Å²) in [6.45, 7) is 2.13. The normalized spacial score (nSPS) is 16.3. The lowest BCUT2D eigenvalue weighted by molar-refractivity contribution is -0.192. The van der Waals surface area contributed by atoms with Gasteiger partial charge in [-0.25, -0.2) is 9.59 Å². The molecule has 0 spiro atoms. The zero-order chi connectivity index (χ0) is 34.9. The molecule has 2 atom stereocenters. The molecule has 2 heterocycles. The van der Waals surface area contributed by atoms with Crippen LogP contribution in [0.5, 0.6) is 0 Å². The lowest BCUT2D eigenvalue weighted by Gasteiger charge is -2.29. The zero-order valence-corrected chi connectivity index (χ0v) is 26.5. The first-order valence-electron chi connectivity index (χ1n) is 14.1. The van der Waals surface area contributed by atoms with Crippen molar-refractivity contribution < 1.29 is 47.0 Å². The summed E-state index contributed by atoms with van der Waals surface area (Å²) in [6.07, 6.45) is -3.88. The number of aryl methyl sites for hydroxylation is 1. The highest BCUT2D eigenvalue weighted by atomic mass is 35.5. The minimum absolute atomic E-state index is 0.193. The van der Waals surface area contributed by atoms with Gasteiger partial charge in [0.25, 0.3) is 5.91 Å². The fraction of sp³-hybridized carbons (Fsp3) is 0.379. The van der Waals surface area contributed by atoms with Crippen LogP contribution >= 0.6 is 23.4 Å². The maximum Gasteiger partial charge on any atom is 0.490 e. The van der Waals surface area contributed by atoms with Gasteiger partial charge in [0.2, 0.25) is 17.7 Å². The molecule has 13 nitrogen and oxygen atoms in total. The number of fused-ring (bicyclic) bond motifs is 1. The van der Waals surface area contributed by atoms with Crippen LogP contribution in [0.2, 0.25) is 5.02 Å². The van der Waals surface area contributed by atoms with Gasteiger partial charge < -0.3 is 31.7 Å². The molecule has 254 valence electrons. The Morgan fingerprint density at radius 3 is 2.47 bits per heavy atom. The van der Waals surface area contributed by atoms with Crippen molar-refractivity contribution in [1.29, 1.82) is 0 Å². The number of nitrogens with two attached hydrogens (primary N) is 1. The molecular formula is C29H32ClF3N6O7S. The van der Waals surface area contributed by atoms with Crippen molar-refractivity contribution in [3.63, 3.8) is 0 Å². The van der Waals surface area contributed by atoms with Gasteiger partial charge in [-0.05, 0) is 60.4 Å². The summed E-state index contributed by atoms with van der Waals surface area (Å²) < 4.78 is 31.7. The number of benzene rings is 2. The van der Waals surface area contributed by atoms with Crippen molar-refractivity contribution in [2.45, 2.75) is 57.5 Å². The minimum atomic E-state index is -5.08. The summed E-state index contributed by atoms with van der Waals surface area (Å²) >= 11 is 7.96. The Labute approximate surface area is 276 Å². The Morgan fingerprint density at radius 2 is 1.85 bits per heavy atom. The molecule has 1 saturated heterocycles. The number of nitrogens with zero attached hydrogens (tertiary/aromatic N) is 1. The molecule has 2 aromatic rings. The number of halogens is 4. The number of anilines is 1. The van der Waals surface area contributed by atoms with E-state index >= 15 is 0 Å². The lowest BCUT2D eigenvalue weighted by atomic mass is 10.0. The van der Waals surface area contributed by atoms with Crippen LogP contribution in [0.15, 0.2) is 36.4 Å². The first-order chi connectivity index (χ1) is 22.1. The number of hydrogen-bond acceptors (Lipinski definition) is 8. The van der Waals surface area contributed by atoms with Gasteiger partial charge in [0.1, 0.15) is 6.04 Å². The van der Waals surface area contributed by atoms with E-state index in [1.807, 2.05) is 12.1 Å². The van der Waals surface area contributed by atoms with Crippen LogP contribution in [0, 0.1) is 0 Å². The molecule has 2 aliphatic heterocycles. The maximum atomic E-state index is 12.8. The Kier molecular flexibility index (Phi) is 13.0. The number of piperidine rings is 1. The summed E-state index contributed by atoms with van der Waals surface area (Å²) in [6, 6.07) is 8.98. The van der Waals surface area contributed by atoms with Gasteiger partial charge in [-0.15, -0.1) is 11.8 Å². The Bertz CT molecular complexity index is 1540. The Hall–Kier alpha value is -4.35. The molecule has 4 rings (SSSR count). The average Bonchev–Trinajstić information content (AvgIpc) is 3.31. The van der Waals surface area contributed by atoms with Gasteiger partial charge in [-0.1, -0.05) is 29.8 Å². The first-order valence-corrected chi connectivity index (χ1v) is 15.6. The second-order valence-corrected chi connectivity index (χ2v) is 12.0. The largest absolute Gasteiger partial charge is 0.490 e. The topological polar surface area (TPSA) is 200 Å². The molecule has 0 radical (unpaired) electrons. The zero-order valence-electron chi connectivity index (χ0n) is 24.9. The number of rotatable bonds is 10. The molecule has 7 N–H and O–H groups in total. The monoisotopic (exact) mass is 700 g/mol. The highest BCUT2D eigenvalue weighted by Gasteiger charge is 2.39. The number of hydrogen-bond donors (Lipinski definition) is 6. The molecule has 0 aliphatic carbocycles. The van der Waals surface area contributed by atoms with E-state index in [4.69, 9.17) is 27.2 Å². The number of nitrogens with one attached hydrogen (secondary N) is 4. The average molecular weight is 701 g/mol. The van der Waals surface area contributed by atoms with Crippen LogP contribution in [-0.2, 0) is 38.7 Å². The Balaban J connectivity index is 0.000000771. The second-order valence-electron chi connectivity index (χ2n) is 10.4. The molecule has 0 saturated carbocycles. The van der Waals surface area contributed by atoms with E-state index in [9.17, 15) is 37.1 Å². The van der Waals surface area contributed by atoms with Crippen LogP contribution in [-0.4, -0.2) is 75.5 Å². The molecule has 2 aromatic carbocycles. The van der Waals surface area contributed by atoms with Crippen LogP contribution in [0.25, 0.3) is 0 Å². The van der Waals surface area contributed by atoms with Crippen LogP contribution in [0.3, 0.4) is 0 Å². The molecule has 0 bridgehead atoms. The van der Waals surface area contributed by atoms with Gasteiger partial charge in [0.05, 0.1) is 11.9 Å². The Morgan fingerprint density at radius 1 is 1.15 bits per heavy atom. The predicted octanol–water partition coefficient (Wildman–Crippen LogP) is 2.75. The summed E-state index contributed by atoms with van der Waals surface area (Å²) in [7, 11) is 0. The van der Waals surface area contributed by atoms with Crippen molar-refractivity contribution in [3.8, 4) is 0 Å². The van der Waals surface area contributed by atoms with Gasteiger partial charge in [-0.2, -0.15) is 13.2 Å². The number of aliphatic carboxylic acids is 1. The third-order valence-electron chi connectivity index (χ3n) is 6.87. The number of carbonyl (C=O) groups is 6. The molecule has 1 fully saturated rings. The molecule has 18 heteroatoms. The number of carboxylic acids is 1. The number of carboxylic acid groups (broad SMARTS) is 1. The number of urea groups is 1. The molecule has 6 amide bonds. The molecular weight excluding hydrogens is 669 g/mol. The fourth-order valence-electron chi connectivity index (χ4n) is 4.46. The summed E-state index contributed by atoms with van der Waals surface area (Å²) in [5.41, 5.74) is 9.07. The number of alkyl halides is 3. The summed E-state index contributed by atoms with van der Waals surface area (Å²) in [5.74, 6) is -2.75. The van der Waals surface area contributed by atoms with Crippen molar-refractivity contribution >= 4 is 64.7 Å². The molecule has 47 heavy (non-hydrogen) atoms. The number of amides is 6. The van der Waals surface area contributed by atoms with E-state index in [2.05, 4.69) is 21.3 Å². The van der Waals surface area contributed by atoms with Gasteiger partial charge in [0, 0.05) is 35.8 Å².